The lowest BCUT2D eigenvalue weighted by molar-refractivity contribution is -0.131. The van der Waals surface area contributed by atoms with Crippen molar-refractivity contribution < 1.29 is 23.1 Å². The molecule has 0 unspecified atom stereocenters. The molecule has 0 aliphatic rings. The fourth-order valence-electron chi connectivity index (χ4n) is 1.41. The lowest BCUT2D eigenvalue weighted by atomic mass is 10.3. The molecule has 0 bridgehead atoms. The van der Waals surface area contributed by atoms with Crippen LogP contribution in [0.5, 0.6) is 5.75 Å². The first kappa shape index (κ1) is 14.9. The number of benzene rings is 1. The van der Waals surface area contributed by atoms with E-state index in [0.717, 1.165) is 0 Å². The Labute approximate surface area is 107 Å². The number of carbonyl (C=O) groups excluding carboxylic acids is 1. The molecule has 0 heterocycles. The molecule has 6 heteroatoms. The van der Waals surface area contributed by atoms with Crippen LogP contribution in [0.3, 0.4) is 0 Å². The van der Waals surface area contributed by atoms with E-state index < -0.39 is 13.6 Å². The van der Waals surface area contributed by atoms with Crippen LogP contribution in [-0.2, 0) is 18.4 Å². The molecule has 0 aromatic heterocycles. The van der Waals surface area contributed by atoms with Crippen LogP contribution in [0.1, 0.15) is 20.8 Å². The van der Waals surface area contributed by atoms with Gasteiger partial charge in [-0.05, 0) is 32.0 Å². The van der Waals surface area contributed by atoms with E-state index in [4.69, 9.17) is 13.8 Å². The minimum absolute atomic E-state index is 0.273. The van der Waals surface area contributed by atoms with Crippen molar-refractivity contribution in [3.8, 4) is 5.75 Å². The number of carbonyl (C=O) groups is 1. The highest BCUT2D eigenvalue weighted by Gasteiger charge is 2.27. The Hall–Kier alpha value is -1.16. The zero-order chi connectivity index (χ0) is 13.6. The first-order chi connectivity index (χ1) is 8.51. The second-order valence-corrected chi connectivity index (χ2v) is 5.45. The van der Waals surface area contributed by atoms with Gasteiger partial charge in [0.1, 0.15) is 5.75 Å². The van der Waals surface area contributed by atoms with Crippen LogP contribution in [0.2, 0.25) is 0 Å². The molecule has 0 saturated heterocycles. The quantitative estimate of drug-likeness (QED) is 0.452. The first-order valence-corrected chi connectivity index (χ1v) is 7.24. The summed E-state index contributed by atoms with van der Waals surface area (Å²) >= 11 is 0. The van der Waals surface area contributed by atoms with E-state index in [1.54, 1.807) is 32.0 Å². The molecular formula is C12H17O5P. The van der Waals surface area contributed by atoms with Crippen LogP contribution in [0, 0.1) is 0 Å². The highest BCUT2D eigenvalue weighted by molar-refractivity contribution is 7.62. The number of ether oxygens (including phenoxy) is 1. The van der Waals surface area contributed by atoms with Gasteiger partial charge in [0.25, 0.3) is 0 Å². The van der Waals surface area contributed by atoms with E-state index in [2.05, 4.69) is 0 Å². The molecule has 1 rings (SSSR count). The number of rotatable bonds is 6. The normalized spacial score (nSPS) is 11.3. The van der Waals surface area contributed by atoms with Gasteiger partial charge in [0.05, 0.1) is 18.5 Å². The molecule has 0 fully saturated rings. The van der Waals surface area contributed by atoms with Gasteiger partial charge in [0.2, 0.25) is 0 Å². The topological polar surface area (TPSA) is 61.8 Å². The highest BCUT2D eigenvalue weighted by Crippen LogP contribution is 2.47. The molecule has 0 atom stereocenters. The standard InChI is InChI=1S/C12H17O5P/c1-4-15-18(14,16-5-2)12-8-6-7-11(9-12)17-10(3)13/h6-9H,4-5H2,1-3H3. The van der Waals surface area contributed by atoms with Crippen molar-refractivity contribution in [3.63, 3.8) is 0 Å². The smallest absolute Gasteiger partial charge is 0.361 e. The minimum Gasteiger partial charge on any atom is -0.427 e. The number of esters is 1. The predicted octanol–water partition coefficient (Wildman–Crippen LogP) is 2.50. The Morgan fingerprint density at radius 1 is 1.22 bits per heavy atom. The maximum atomic E-state index is 12.5. The van der Waals surface area contributed by atoms with Crippen molar-refractivity contribution in [2.45, 2.75) is 20.8 Å². The highest BCUT2D eigenvalue weighted by atomic mass is 31.2. The summed E-state index contributed by atoms with van der Waals surface area (Å²) in [6, 6.07) is 6.36. The fourth-order valence-corrected chi connectivity index (χ4v) is 3.02. The van der Waals surface area contributed by atoms with Gasteiger partial charge < -0.3 is 13.8 Å². The van der Waals surface area contributed by atoms with E-state index in [1.807, 2.05) is 0 Å². The number of hydrogen-bond acceptors (Lipinski definition) is 5. The van der Waals surface area contributed by atoms with Gasteiger partial charge in [0.15, 0.2) is 0 Å². The third-order valence-electron chi connectivity index (χ3n) is 1.99. The SMILES string of the molecule is CCOP(=O)(OCC)c1cccc(OC(C)=O)c1. The zero-order valence-corrected chi connectivity index (χ0v) is 11.6. The zero-order valence-electron chi connectivity index (χ0n) is 10.7. The van der Waals surface area contributed by atoms with Gasteiger partial charge in [0, 0.05) is 6.92 Å². The molecular weight excluding hydrogens is 255 g/mol. The van der Waals surface area contributed by atoms with Crippen molar-refractivity contribution in [2.24, 2.45) is 0 Å². The van der Waals surface area contributed by atoms with Gasteiger partial charge >= 0.3 is 13.6 Å². The van der Waals surface area contributed by atoms with Crippen molar-refractivity contribution in [2.75, 3.05) is 13.2 Å². The third kappa shape index (κ3) is 3.95. The first-order valence-electron chi connectivity index (χ1n) is 5.70. The maximum absolute atomic E-state index is 12.5. The lowest BCUT2D eigenvalue weighted by Crippen LogP contribution is -2.12. The van der Waals surface area contributed by atoms with E-state index in [9.17, 15) is 9.36 Å². The molecule has 0 aliphatic heterocycles. The molecule has 0 aliphatic carbocycles. The van der Waals surface area contributed by atoms with Gasteiger partial charge in [-0.3, -0.25) is 9.36 Å². The molecule has 18 heavy (non-hydrogen) atoms. The summed E-state index contributed by atoms with van der Waals surface area (Å²) in [5, 5.41) is 0.380. The Morgan fingerprint density at radius 2 is 1.83 bits per heavy atom. The second kappa shape index (κ2) is 6.69. The molecule has 0 saturated carbocycles. The molecule has 1 aromatic carbocycles. The average molecular weight is 272 g/mol. The Bertz CT molecular complexity index is 448. The number of hydrogen-bond donors (Lipinski definition) is 0. The van der Waals surface area contributed by atoms with E-state index in [1.165, 1.54) is 13.0 Å². The van der Waals surface area contributed by atoms with Crippen LogP contribution in [0.15, 0.2) is 24.3 Å². The molecule has 1 aromatic rings. The summed E-state index contributed by atoms with van der Waals surface area (Å²) in [5.41, 5.74) is 0. The van der Waals surface area contributed by atoms with Gasteiger partial charge in [-0.25, -0.2) is 0 Å². The lowest BCUT2D eigenvalue weighted by Gasteiger charge is -2.17. The summed E-state index contributed by atoms with van der Waals surface area (Å²) in [4.78, 5) is 10.9. The van der Waals surface area contributed by atoms with Crippen LogP contribution in [0.25, 0.3) is 0 Å². The minimum atomic E-state index is -3.33. The van der Waals surface area contributed by atoms with E-state index in [-0.39, 0.29) is 13.2 Å². The average Bonchev–Trinajstić information content (AvgIpc) is 2.29. The summed E-state index contributed by atoms with van der Waals surface area (Å²) in [7, 11) is -3.33. The second-order valence-electron chi connectivity index (χ2n) is 3.42. The van der Waals surface area contributed by atoms with E-state index >= 15 is 0 Å². The fraction of sp³-hybridized carbons (Fsp3) is 0.417. The van der Waals surface area contributed by atoms with Crippen LogP contribution in [-0.4, -0.2) is 19.2 Å². The molecule has 0 N–H and O–H groups in total. The molecule has 5 nitrogen and oxygen atoms in total. The van der Waals surface area contributed by atoms with Crippen LogP contribution < -0.4 is 10.0 Å². The Balaban J connectivity index is 3.05. The van der Waals surface area contributed by atoms with Crippen molar-refractivity contribution in [1.82, 2.24) is 0 Å². The largest absolute Gasteiger partial charge is 0.427 e. The predicted molar refractivity (Wildman–Crippen MR) is 68.2 cm³/mol. The molecule has 100 valence electrons. The van der Waals surface area contributed by atoms with Gasteiger partial charge in [-0.1, -0.05) is 6.07 Å². The van der Waals surface area contributed by atoms with Crippen molar-refractivity contribution in [3.05, 3.63) is 24.3 Å². The summed E-state index contributed by atoms with van der Waals surface area (Å²) in [6.45, 7) is 5.32. The van der Waals surface area contributed by atoms with Gasteiger partial charge in [-0.2, -0.15) is 0 Å². The Morgan fingerprint density at radius 3 is 2.33 bits per heavy atom. The molecule has 0 amide bonds. The summed E-state index contributed by atoms with van der Waals surface area (Å²) < 4.78 is 27.8. The Kier molecular flexibility index (Phi) is 5.54. The monoisotopic (exact) mass is 272 g/mol. The molecule has 0 radical (unpaired) electrons. The summed E-state index contributed by atoms with van der Waals surface area (Å²) in [5.74, 6) is -0.116. The summed E-state index contributed by atoms with van der Waals surface area (Å²) in [6.07, 6.45) is 0. The van der Waals surface area contributed by atoms with E-state index in [0.29, 0.717) is 11.1 Å². The molecule has 0 spiro atoms. The van der Waals surface area contributed by atoms with Crippen LogP contribution >= 0.6 is 7.60 Å². The van der Waals surface area contributed by atoms with Gasteiger partial charge in [-0.15, -0.1) is 0 Å². The van der Waals surface area contributed by atoms with Crippen LogP contribution in [0.4, 0.5) is 0 Å². The maximum Gasteiger partial charge on any atom is 0.361 e. The van der Waals surface area contributed by atoms with Crippen molar-refractivity contribution >= 4 is 18.9 Å². The van der Waals surface area contributed by atoms with Crippen molar-refractivity contribution in [1.29, 1.82) is 0 Å². The third-order valence-corrected chi connectivity index (χ3v) is 4.10.